The third kappa shape index (κ3) is 6.30. The molecule has 0 spiro atoms. The molecule has 1 unspecified atom stereocenters. The summed E-state index contributed by atoms with van der Waals surface area (Å²) in [6.07, 6.45) is 0.637. The van der Waals surface area contributed by atoms with Crippen molar-refractivity contribution in [3.05, 3.63) is 12.2 Å². The van der Waals surface area contributed by atoms with Crippen LogP contribution in [0, 0.1) is 0 Å². The molecule has 19 heavy (non-hydrogen) atoms. The number of esters is 1. The van der Waals surface area contributed by atoms with Gasteiger partial charge in [-0.25, -0.2) is 4.79 Å². The molecule has 0 aliphatic carbocycles. The Kier molecular flexibility index (Phi) is 8.86. The number of carbonyl (C=O) groups is 1. The smallest absolute Gasteiger partial charge is 0.457 e. The Morgan fingerprint density at radius 3 is 2.16 bits per heavy atom. The van der Waals surface area contributed by atoms with Crippen LogP contribution >= 0.6 is 0 Å². The first kappa shape index (κ1) is 18.3. The van der Waals surface area contributed by atoms with Gasteiger partial charge in [-0.2, -0.15) is 0 Å². The number of rotatable bonds is 10. The van der Waals surface area contributed by atoms with Crippen molar-refractivity contribution in [3.8, 4) is 0 Å². The highest BCUT2D eigenvalue weighted by Gasteiger charge is 2.37. The molecule has 0 aromatic heterocycles. The fourth-order valence-electron chi connectivity index (χ4n) is 1.54. The molecule has 1 N–H and O–H groups in total. The lowest BCUT2D eigenvalue weighted by Crippen LogP contribution is -2.42. The highest BCUT2D eigenvalue weighted by Crippen LogP contribution is 2.18. The highest BCUT2D eigenvalue weighted by atomic mass is 28.4. The van der Waals surface area contributed by atoms with Crippen LogP contribution < -0.4 is 0 Å². The van der Waals surface area contributed by atoms with Crippen LogP contribution in [0.3, 0.4) is 0 Å². The van der Waals surface area contributed by atoms with E-state index in [4.69, 9.17) is 23.1 Å². The molecule has 0 saturated heterocycles. The number of carbonyl (C=O) groups excluding carboxylic acids is 1. The molecule has 0 radical (unpaired) electrons. The molecule has 0 heterocycles. The zero-order valence-electron chi connectivity index (χ0n) is 12.1. The predicted octanol–water partition coefficient (Wildman–Crippen LogP) is 1.12. The minimum absolute atomic E-state index is 0.222. The molecule has 0 fully saturated rings. The minimum Gasteiger partial charge on any atom is -0.457 e. The van der Waals surface area contributed by atoms with E-state index in [9.17, 15) is 4.79 Å². The molecular weight excluding hydrogens is 268 g/mol. The molecule has 0 aliphatic rings. The second-order valence-electron chi connectivity index (χ2n) is 4.18. The summed E-state index contributed by atoms with van der Waals surface area (Å²) in [6, 6.07) is 0.595. The Morgan fingerprint density at radius 1 is 1.26 bits per heavy atom. The maximum absolute atomic E-state index is 11.3. The number of aliphatic hydroxyl groups excluding tert-OH is 1. The van der Waals surface area contributed by atoms with Crippen molar-refractivity contribution >= 4 is 14.8 Å². The van der Waals surface area contributed by atoms with E-state index in [1.54, 1.807) is 28.3 Å². The summed E-state index contributed by atoms with van der Waals surface area (Å²) in [5.74, 6) is -0.493. The summed E-state index contributed by atoms with van der Waals surface area (Å²) in [4.78, 5) is 11.3. The van der Waals surface area contributed by atoms with Crippen molar-refractivity contribution in [1.29, 1.82) is 0 Å². The van der Waals surface area contributed by atoms with Crippen molar-refractivity contribution < 1.29 is 27.9 Å². The lowest BCUT2D eigenvalue weighted by atomic mass is 10.2. The average molecular weight is 292 g/mol. The molecule has 0 saturated carbocycles. The average Bonchev–Trinajstić information content (AvgIpc) is 2.42. The van der Waals surface area contributed by atoms with Gasteiger partial charge in [0.1, 0.15) is 6.10 Å². The number of ether oxygens (including phenoxy) is 1. The van der Waals surface area contributed by atoms with Crippen LogP contribution in [0.15, 0.2) is 12.2 Å². The van der Waals surface area contributed by atoms with Gasteiger partial charge in [0, 0.05) is 32.9 Å². The molecule has 7 heteroatoms. The molecule has 1 atom stereocenters. The normalized spacial score (nSPS) is 13.1. The van der Waals surface area contributed by atoms with Crippen LogP contribution in [0.1, 0.15) is 19.8 Å². The number of hydrogen-bond donors (Lipinski definition) is 1. The van der Waals surface area contributed by atoms with Gasteiger partial charge in [-0.05, 0) is 19.8 Å². The van der Waals surface area contributed by atoms with Gasteiger partial charge in [0.15, 0.2) is 0 Å². The van der Waals surface area contributed by atoms with Crippen LogP contribution in [0.2, 0.25) is 6.04 Å². The fourth-order valence-corrected chi connectivity index (χ4v) is 3.29. The topological polar surface area (TPSA) is 74.2 Å². The zero-order valence-corrected chi connectivity index (χ0v) is 13.1. The SMILES string of the molecule is C=C(C)C(=O)OC(CO)CCC[Si](OC)(OC)OC. The summed E-state index contributed by atoms with van der Waals surface area (Å²) in [5, 5.41) is 9.17. The third-order valence-corrected chi connectivity index (χ3v) is 5.60. The zero-order chi connectivity index (χ0) is 14.9. The van der Waals surface area contributed by atoms with Crippen LogP contribution in [0.4, 0.5) is 0 Å². The van der Waals surface area contributed by atoms with E-state index < -0.39 is 20.9 Å². The second-order valence-corrected chi connectivity index (χ2v) is 7.27. The van der Waals surface area contributed by atoms with E-state index in [1.807, 2.05) is 0 Å². The first-order valence-corrected chi connectivity index (χ1v) is 8.00. The molecule has 0 rings (SSSR count). The number of aliphatic hydroxyl groups is 1. The molecule has 6 nitrogen and oxygen atoms in total. The Morgan fingerprint density at radius 2 is 1.79 bits per heavy atom. The fraction of sp³-hybridized carbons (Fsp3) is 0.750. The van der Waals surface area contributed by atoms with E-state index in [-0.39, 0.29) is 6.61 Å². The molecular formula is C12H24O6Si. The van der Waals surface area contributed by atoms with Crippen LogP contribution in [0.5, 0.6) is 0 Å². The van der Waals surface area contributed by atoms with E-state index in [0.717, 1.165) is 0 Å². The molecule has 0 bridgehead atoms. The minimum atomic E-state index is -2.60. The Balaban J connectivity index is 4.21. The monoisotopic (exact) mass is 292 g/mol. The van der Waals surface area contributed by atoms with Crippen molar-refractivity contribution in [2.75, 3.05) is 27.9 Å². The summed E-state index contributed by atoms with van der Waals surface area (Å²) < 4.78 is 20.9. The van der Waals surface area contributed by atoms with Gasteiger partial charge < -0.3 is 23.1 Å². The molecule has 0 aromatic rings. The first-order valence-electron chi connectivity index (χ1n) is 6.07. The van der Waals surface area contributed by atoms with E-state index in [2.05, 4.69) is 6.58 Å². The Labute approximate surface area is 115 Å². The molecule has 0 aromatic carbocycles. The Hall–Kier alpha value is -0.733. The quantitative estimate of drug-likeness (QED) is 0.369. The lowest BCUT2D eigenvalue weighted by Gasteiger charge is -2.25. The summed E-state index contributed by atoms with van der Waals surface area (Å²) in [5.41, 5.74) is 0.313. The van der Waals surface area contributed by atoms with Gasteiger partial charge in [-0.3, -0.25) is 0 Å². The first-order chi connectivity index (χ1) is 8.94. The molecule has 0 aliphatic heterocycles. The maximum Gasteiger partial charge on any atom is 0.500 e. The van der Waals surface area contributed by atoms with E-state index in [0.29, 0.717) is 24.5 Å². The summed E-state index contributed by atoms with van der Waals surface area (Å²) in [7, 11) is 2.04. The van der Waals surface area contributed by atoms with Gasteiger partial charge in [-0.1, -0.05) is 6.58 Å². The van der Waals surface area contributed by atoms with Gasteiger partial charge in [0.2, 0.25) is 0 Å². The van der Waals surface area contributed by atoms with E-state index in [1.165, 1.54) is 0 Å². The summed E-state index contributed by atoms with van der Waals surface area (Å²) in [6.45, 7) is 4.84. The van der Waals surface area contributed by atoms with Crippen molar-refractivity contribution in [2.45, 2.75) is 31.9 Å². The predicted molar refractivity (Wildman–Crippen MR) is 72.6 cm³/mol. The third-order valence-electron chi connectivity index (χ3n) is 2.77. The van der Waals surface area contributed by atoms with Crippen LogP contribution in [-0.4, -0.2) is 53.9 Å². The van der Waals surface area contributed by atoms with Gasteiger partial charge in [0.05, 0.1) is 6.61 Å². The summed E-state index contributed by atoms with van der Waals surface area (Å²) >= 11 is 0. The van der Waals surface area contributed by atoms with Crippen molar-refractivity contribution in [3.63, 3.8) is 0 Å². The van der Waals surface area contributed by atoms with Gasteiger partial charge in [-0.15, -0.1) is 0 Å². The second kappa shape index (κ2) is 9.22. The largest absolute Gasteiger partial charge is 0.500 e. The van der Waals surface area contributed by atoms with E-state index >= 15 is 0 Å². The Bertz CT molecular complexity index is 282. The van der Waals surface area contributed by atoms with Crippen molar-refractivity contribution in [1.82, 2.24) is 0 Å². The van der Waals surface area contributed by atoms with Gasteiger partial charge >= 0.3 is 14.8 Å². The van der Waals surface area contributed by atoms with Crippen LogP contribution in [-0.2, 0) is 22.8 Å². The highest BCUT2D eigenvalue weighted by molar-refractivity contribution is 6.60. The standard InChI is InChI=1S/C12H24O6Si/c1-10(2)12(14)18-11(9-13)7-6-8-19(15-3,16-4)17-5/h11,13H,1,6-9H2,2-5H3. The molecule has 112 valence electrons. The lowest BCUT2D eigenvalue weighted by molar-refractivity contribution is -0.146. The molecule has 0 amide bonds. The number of hydrogen-bond acceptors (Lipinski definition) is 6. The maximum atomic E-state index is 11.3. The van der Waals surface area contributed by atoms with Crippen molar-refractivity contribution in [2.24, 2.45) is 0 Å². The van der Waals surface area contributed by atoms with Gasteiger partial charge in [0.25, 0.3) is 0 Å². The van der Waals surface area contributed by atoms with Crippen LogP contribution in [0.25, 0.3) is 0 Å².